The number of benzene rings is 2. The Balaban J connectivity index is 0.00000320. The highest BCUT2D eigenvalue weighted by molar-refractivity contribution is 5.86. The van der Waals surface area contributed by atoms with Crippen molar-refractivity contribution in [2.24, 2.45) is 5.73 Å². The molecule has 30 heavy (non-hydrogen) atoms. The molecule has 162 valence electrons. The van der Waals surface area contributed by atoms with Gasteiger partial charge in [-0.1, -0.05) is 43.7 Å². The van der Waals surface area contributed by atoms with E-state index in [0.29, 0.717) is 24.5 Å². The van der Waals surface area contributed by atoms with E-state index < -0.39 is 6.04 Å². The minimum Gasteiger partial charge on any atom is -0.493 e. The Morgan fingerprint density at radius 2 is 1.87 bits per heavy atom. The summed E-state index contributed by atoms with van der Waals surface area (Å²) in [7, 11) is 3.25. The van der Waals surface area contributed by atoms with Crippen molar-refractivity contribution in [1.29, 1.82) is 0 Å². The van der Waals surface area contributed by atoms with E-state index in [1.165, 1.54) is 0 Å². The van der Waals surface area contributed by atoms with Crippen LogP contribution in [0.5, 0.6) is 11.5 Å². The summed E-state index contributed by atoms with van der Waals surface area (Å²) >= 11 is 0. The first kappa shape index (κ1) is 23.6. The van der Waals surface area contributed by atoms with Crippen LogP contribution in [-0.4, -0.2) is 37.7 Å². The lowest BCUT2D eigenvalue weighted by molar-refractivity contribution is -0.122. The van der Waals surface area contributed by atoms with Crippen LogP contribution in [0.2, 0.25) is 0 Å². The molecule has 0 fully saturated rings. The number of methoxy groups -OCH3 is 2. The summed E-state index contributed by atoms with van der Waals surface area (Å²) in [6, 6.07) is 13.4. The van der Waals surface area contributed by atoms with Gasteiger partial charge in [0.1, 0.15) is 0 Å². The molecule has 0 bridgehead atoms. The molecule has 1 heterocycles. The Bertz CT molecular complexity index is 973. The molecular weight excluding hydrogens is 402 g/mol. The molecule has 0 spiro atoms. The maximum absolute atomic E-state index is 12.5. The largest absolute Gasteiger partial charge is 0.493 e. The second kappa shape index (κ2) is 10.9. The Kier molecular flexibility index (Phi) is 8.57. The normalized spacial score (nSPS) is 12.7. The minimum atomic E-state index is -0.504. The molecule has 1 aromatic heterocycles. The monoisotopic (exact) mass is 431 g/mol. The summed E-state index contributed by atoms with van der Waals surface area (Å²) in [5, 5.41) is 4.14. The molecule has 7 heteroatoms. The molecular formula is C23H30ClN3O3. The van der Waals surface area contributed by atoms with Crippen LogP contribution in [0.4, 0.5) is 0 Å². The molecule has 3 aromatic rings. The molecule has 0 saturated carbocycles. The summed E-state index contributed by atoms with van der Waals surface area (Å²) in [5.41, 5.74) is 9.07. The van der Waals surface area contributed by atoms with Crippen molar-refractivity contribution >= 4 is 29.2 Å². The van der Waals surface area contributed by atoms with E-state index in [2.05, 4.69) is 16.4 Å². The number of aromatic amines is 1. The summed E-state index contributed by atoms with van der Waals surface area (Å²) in [5.74, 6) is 1.05. The molecule has 1 amide bonds. The zero-order valence-electron chi connectivity index (χ0n) is 17.6. The molecule has 0 aliphatic rings. The highest BCUT2D eigenvalue weighted by atomic mass is 35.5. The lowest BCUT2D eigenvalue weighted by Gasteiger charge is -2.22. The smallest absolute Gasteiger partial charge is 0.236 e. The molecule has 0 aliphatic carbocycles. The second-order valence-corrected chi connectivity index (χ2v) is 7.07. The maximum atomic E-state index is 12.5. The number of hydrogen-bond acceptors (Lipinski definition) is 4. The van der Waals surface area contributed by atoms with Crippen LogP contribution in [0.3, 0.4) is 0 Å². The fourth-order valence-electron chi connectivity index (χ4n) is 3.73. The van der Waals surface area contributed by atoms with Crippen LogP contribution in [-0.2, 0) is 4.79 Å². The number of para-hydroxylation sites is 2. The van der Waals surface area contributed by atoms with Crippen molar-refractivity contribution in [2.75, 3.05) is 20.8 Å². The van der Waals surface area contributed by atoms with Crippen molar-refractivity contribution in [3.8, 4) is 11.5 Å². The molecule has 4 N–H and O–H groups in total. The first-order valence-corrected chi connectivity index (χ1v) is 9.90. The summed E-state index contributed by atoms with van der Waals surface area (Å²) in [4.78, 5) is 15.8. The second-order valence-electron chi connectivity index (χ2n) is 7.07. The lowest BCUT2D eigenvalue weighted by atomic mass is 9.89. The van der Waals surface area contributed by atoms with E-state index in [4.69, 9.17) is 15.2 Å². The fourth-order valence-corrected chi connectivity index (χ4v) is 3.73. The zero-order valence-corrected chi connectivity index (χ0v) is 18.4. The number of carbonyl (C=O) groups excluding carboxylic acids is 1. The van der Waals surface area contributed by atoms with Crippen LogP contribution in [0.15, 0.2) is 48.7 Å². The van der Waals surface area contributed by atoms with Crippen LogP contribution >= 0.6 is 12.4 Å². The highest BCUT2D eigenvalue weighted by Gasteiger charge is 2.25. The first-order chi connectivity index (χ1) is 14.1. The van der Waals surface area contributed by atoms with Crippen molar-refractivity contribution in [3.05, 3.63) is 59.8 Å². The Hall–Kier alpha value is -2.70. The third kappa shape index (κ3) is 4.89. The number of hydrogen-bond donors (Lipinski definition) is 3. The summed E-state index contributed by atoms with van der Waals surface area (Å²) in [6.07, 6.45) is 3.52. The van der Waals surface area contributed by atoms with Gasteiger partial charge in [0.2, 0.25) is 5.91 Å². The quantitative estimate of drug-likeness (QED) is 0.478. The third-order valence-corrected chi connectivity index (χ3v) is 5.22. The average Bonchev–Trinajstić information content (AvgIpc) is 3.17. The Labute approximate surface area is 183 Å². The Morgan fingerprint density at radius 3 is 2.57 bits per heavy atom. The minimum absolute atomic E-state index is 0. The third-order valence-electron chi connectivity index (χ3n) is 5.22. The van der Waals surface area contributed by atoms with Gasteiger partial charge in [0.15, 0.2) is 11.5 Å². The number of rotatable bonds is 9. The first-order valence-electron chi connectivity index (χ1n) is 9.90. The molecule has 2 unspecified atom stereocenters. The predicted molar refractivity (Wildman–Crippen MR) is 123 cm³/mol. The van der Waals surface area contributed by atoms with E-state index in [-0.39, 0.29) is 24.2 Å². The van der Waals surface area contributed by atoms with Crippen molar-refractivity contribution in [1.82, 2.24) is 10.3 Å². The SMILES string of the molecule is CCCC(N)C(=O)NCC(c1cccc(OC)c1OC)c1c[nH]c2ccccc12.Cl. The summed E-state index contributed by atoms with van der Waals surface area (Å²) < 4.78 is 11.2. The number of H-pyrrole nitrogens is 1. The molecule has 6 nitrogen and oxygen atoms in total. The number of fused-ring (bicyclic) bond motifs is 1. The zero-order chi connectivity index (χ0) is 20.8. The molecule has 3 rings (SSSR count). The maximum Gasteiger partial charge on any atom is 0.236 e. The Morgan fingerprint density at radius 1 is 1.10 bits per heavy atom. The highest BCUT2D eigenvalue weighted by Crippen LogP contribution is 2.40. The number of nitrogens with one attached hydrogen (secondary N) is 2. The van der Waals surface area contributed by atoms with Gasteiger partial charge in [-0.15, -0.1) is 12.4 Å². The van der Waals surface area contributed by atoms with Crippen LogP contribution < -0.4 is 20.5 Å². The van der Waals surface area contributed by atoms with Gasteiger partial charge in [0, 0.05) is 35.1 Å². The van der Waals surface area contributed by atoms with Crippen molar-refractivity contribution < 1.29 is 14.3 Å². The number of halogens is 1. The van der Waals surface area contributed by atoms with Crippen molar-refractivity contribution in [3.63, 3.8) is 0 Å². The fraction of sp³-hybridized carbons (Fsp3) is 0.348. The summed E-state index contributed by atoms with van der Waals surface area (Å²) in [6.45, 7) is 2.42. The van der Waals surface area contributed by atoms with Gasteiger partial charge in [-0.25, -0.2) is 0 Å². The van der Waals surface area contributed by atoms with E-state index in [1.807, 2.05) is 49.5 Å². The predicted octanol–water partition coefficient (Wildman–Crippen LogP) is 3.98. The lowest BCUT2D eigenvalue weighted by Crippen LogP contribution is -2.42. The van der Waals surface area contributed by atoms with E-state index >= 15 is 0 Å². The number of ether oxygens (including phenoxy) is 2. The van der Waals surface area contributed by atoms with Crippen LogP contribution in [0, 0.1) is 0 Å². The van der Waals surface area contributed by atoms with Gasteiger partial charge in [-0.05, 0) is 24.1 Å². The number of nitrogens with two attached hydrogens (primary N) is 1. The topological polar surface area (TPSA) is 89.4 Å². The number of carbonyl (C=O) groups is 1. The van der Waals surface area contributed by atoms with Gasteiger partial charge >= 0.3 is 0 Å². The van der Waals surface area contributed by atoms with Gasteiger partial charge in [0.25, 0.3) is 0 Å². The number of amides is 1. The molecule has 0 aliphatic heterocycles. The van der Waals surface area contributed by atoms with Gasteiger partial charge in [-0.2, -0.15) is 0 Å². The van der Waals surface area contributed by atoms with Crippen LogP contribution in [0.25, 0.3) is 10.9 Å². The molecule has 2 atom stereocenters. The van der Waals surface area contributed by atoms with Gasteiger partial charge in [-0.3, -0.25) is 4.79 Å². The van der Waals surface area contributed by atoms with Gasteiger partial charge in [0.05, 0.1) is 20.3 Å². The van der Waals surface area contributed by atoms with Gasteiger partial charge < -0.3 is 25.5 Å². The molecule has 0 radical (unpaired) electrons. The van der Waals surface area contributed by atoms with Crippen LogP contribution in [0.1, 0.15) is 36.8 Å². The number of aromatic nitrogens is 1. The van der Waals surface area contributed by atoms with E-state index in [0.717, 1.165) is 28.5 Å². The van der Waals surface area contributed by atoms with E-state index in [1.54, 1.807) is 14.2 Å². The van der Waals surface area contributed by atoms with Crippen molar-refractivity contribution in [2.45, 2.75) is 31.7 Å². The standard InChI is InChI=1S/C23H29N3O3.ClH/c1-4-8-19(24)23(27)26-14-18(16-10-7-12-21(28-2)22(16)29-3)17-13-25-20-11-6-5-9-15(17)20;/h5-7,9-13,18-19,25H,4,8,14,24H2,1-3H3,(H,26,27);1H. The molecule has 2 aromatic carbocycles. The average molecular weight is 432 g/mol. The molecule has 0 saturated heterocycles. The van der Waals surface area contributed by atoms with E-state index in [9.17, 15) is 4.79 Å².